The lowest BCUT2D eigenvalue weighted by Crippen LogP contribution is -2.63. The van der Waals surface area contributed by atoms with Crippen molar-refractivity contribution in [1.82, 2.24) is 10.2 Å². The molecule has 7 N–H and O–H groups in total. The molecule has 0 heterocycles. The third-order valence-corrected chi connectivity index (χ3v) is 7.96. The number of likely N-dealkylation sites (N-methyl/N-ethyl adjacent to an activating group) is 1. The largest absolute Gasteiger partial charge is 0.510 e. The molecule has 0 spiro atoms. The van der Waals surface area contributed by atoms with E-state index < -0.39 is 58.0 Å². The summed E-state index contributed by atoms with van der Waals surface area (Å²) in [6, 6.07) is 0.924. The third-order valence-electron chi connectivity index (χ3n) is 7.96. The predicted molar refractivity (Wildman–Crippen MR) is 140 cm³/mol. The molecule has 4 rings (SSSR count). The maximum atomic E-state index is 14.0. The molecule has 11 heteroatoms. The van der Waals surface area contributed by atoms with Crippen LogP contribution in [0, 0.1) is 11.8 Å². The third kappa shape index (κ3) is 3.88. The topological polar surface area (TPSA) is 177 Å². The number of rotatable bonds is 6. The first-order valence-corrected chi connectivity index (χ1v) is 12.6. The van der Waals surface area contributed by atoms with Gasteiger partial charge in [0.15, 0.2) is 11.4 Å². The van der Waals surface area contributed by atoms with Crippen LogP contribution in [-0.4, -0.2) is 88.7 Å². The fraction of sp³-hybridized carbons (Fsp3) is 0.519. The zero-order valence-corrected chi connectivity index (χ0v) is 22.5. The highest BCUT2D eigenvalue weighted by Gasteiger charge is 2.63. The van der Waals surface area contributed by atoms with Gasteiger partial charge in [0.2, 0.25) is 5.78 Å². The van der Waals surface area contributed by atoms with E-state index in [2.05, 4.69) is 5.32 Å². The number of nitrogens with one attached hydrogen (secondary N) is 1. The number of hydrogen-bond acceptors (Lipinski definition) is 10. The summed E-state index contributed by atoms with van der Waals surface area (Å²) in [5.74, 6) is -6.54. The van der Waals surface area contributed by atoms with Crippen molar-refractivity contribution < 1.29 is 34.8 Å². The lowest BCUT2D eigenvalue weighted by atomic mass is 9.58. The molecular formula is C27H36N4O7. The Morgan fingerprint density at radius 3 is 2.34 bits per heavy atom. The summed E-state index contributed by atoms with van der Waals surface area (Å²) < 4.78 is 0. The number of ketones is 2. The molecule has 0 aromatic heterocycles. The molecule has 0 aliphatic heterocycles. The van der Waals surface area contributed by atoms with Crippen molar-refractivity contribution in [2.75, 3.05) is 33.1 Å². The zero-order chi connectivity index (χ0) is 28.4. The van der Waals surface area contributed by atoms with E-state index in [1.807, 2.05) is 38.9 Å². The molecule has 206 valence electrons. The second kappa shape index (κ2) is 9.40. The molecule has 38 heavy (non-hydrogen) atoms. The Morgan fingerprint density at radius 1 is 1.18 bits per heavy atom. The van der Waals surface area contributed by atoms with Gasteiger partial charge in [-0.15, -0.1) is 0 Å². The van der Waals surface area contributed by atoms with Gasteiger partial charge < -0.3 is 36.4 Å². The molecule has 1 aromatic rings. The van der Waals surface area contributed by atoms with Crippen molar-refractivity contribution in [1.29, 1.82) is 0 Å². The molecule has 1 aromatic carbocycles. The van der Waals surface area contributed by atoms with Gasteiger partial charge in [0, 0.05) is 49.4 Å². The molecule has 3 aliphatic rings. The number of phenols is 1. The van der Waals surface area contributed by atoms with Crippen molar-refractivity contribution in [2.24, 2.45) is 17.6 Å². The molecule has 0 unspecified atom stereocenters. The van der Waals surface area contributed by atoms with E-state index in [1.54, 1.807) is 14.1 Å². The van der Waals surface area contributed by atoms with Crippen molar-refractivity contribution in [3.8, 4) is 5.75 Å². The summed E-state index contributed by atoms with van der Waals surface area (Å²) in [7, 11) is 6.86. The number of aliphatic hydroxyl groups is 3. The molecule has 0 fully saturated rings. The summed E-state index contributed by atoms with van der Waals surface area (Å²) >= 11 is 0. The average molecular weight is 529 g/mol. The maximum Gasteiger partial charge on any atom is 0.255 e. The number of aromatic hydroxyl groups is 1. The number of carbonyl (C=O) groups is 3. The van der Waals surface area contributed by atoms with Crippen LogP contribution in [0.5, 0.6) is 5.75 Å². The van der Waals surface area contributed by atoms with Gasteiger partial charge in [0.1, 0.15) is 22.8 Å². The van der Waals surface area contributed by atoms with E-state index in [1.165, 1.54) is 4.90 Å². The second-order valence-corrected chi connectivity index (χ2v) is 11.2. The van der Waals surface area contributed by atoms with Gasteiger partial charge in [0.05, 0.1) is 11.6 Å². The number of carbonyl (C=O) groups excluding carboxylic acids is 3. The quantitative estimate of drug-likeness (QED) is 0.288. The van der Waals surface area contributed by atoms with Crippen LogP contribution in [0.15, 0.2) is 28.7 Å². The Labute approximate surface area is 221 Å². The van der Waals surface area contributed by atoms with Crippen LogP contribution in [-0.2, 0) is 22.6 Å². The lowest BCUT2D eigenvalue weighted by molar-refractivity contribution is -0.148. The van der Waals surface area contributed by atoms with Crippen molar-refractivity contribution in [2.45, 2.75) is 50.9 Å². The van der Waals surface area contributed by atoms with Crippen molar-refractivity contribution >= 4 is 23.2 Å². The van der Waals surface area contributed by atoms with Gasteiger partial charge in [0.25, 0.3) is 5.91 Å². The number of benzene rings is 1. The number of nitrogens with zero attached hydrogens (tertiary/aromatic N) is 2. The summed E-state index contributed by atoms with van der Waals surface area (Å²) in [4.78, 5) is 42.9. The van der Waals surface area contributed by atoms with E-state index in [9.17, 15) is 34.8 Å². The zero-order valence-electron chi connectivity index (χ0n) is 22.5. The van der Waals surface area contributed by atoms with E-state index in [0.717, 1.165) is 5.69 Å². The molecule has 3 aliphatic carbocycles. The number of aliphatic hydroxyl groups excluding tert-OH is 2. The highest BCUT2D eigenvalue weighted by Crippen LogP contribution is 2.53. The van der Waals surface area contributed by atoms with Crippen molar-refractivity contribution in [3.05, 3.63) is 45.4 Å². The molecule has 1 amide bonds. The van der Waals surface area contributed by atoms with Crippen LogP contribution < -0.4 is 16.0 Å². The van der Waals surface area contributed by atoms with E-state index in [-0.39, 0.29) is 35.8 Å². The average Bonchev–Trinajstić information content (AvgIpc) is 2.80. The van der Waals surface area contributed by atoms with Crippen LogP contribution >= 0.6 is 0 Å². The van der Waals surface area contributed by atoms with Gasteiger partial charge in [-0.2, -0.15) is 0 Å². The number of anilines is 1. The Hall–Kier alpha value is -3.41. The van der Waals surface area contributed by atoms with Crippen LogP contribution in [0.25, 0.3) is 0 Å². The first kappa shape index (κ1) is 27.6. The number of phenolic OH excluding ortho intramolecular Hbond substituents is 1. The SMILES string of the molecule is CC(C)NCc1cc(N(C)C)c2c(c1O)C(=O)C1=C(O)[C@]3(O)C(=O)C(C(N)=O)=C(O)[C@@H](N(C)C)[C@@H]3C[C@@H]1C2. The number of primary amides is 1. The minimum Gasteiger partial charge on any atom is -0.510 e. The number of allylic oxidation sites excluding steroid dienone is 1. The Kier molecular flexibility index (Phi) is 6.84. The first-order chi connectivity index (χ1) is 17.6. The summed E-state index contributed by atoms with van der Waals surface area (Å²) in [6.07, 6.45) is 0.295. The van der Waals surface area contributed by atoms with E-state index in [0.29, 0.717) is 17.7 Å². The summed E-state index contributed by atoms with van der Waals surface area (Å²) in [6.45, 7) is 4.20. The molecule has 11 nitrogen and oxygen atoms in total. The highest BCUT2D eigenvalue weighted by molar-refractivity contribution is 6.24. The smallest absolute Gasteiger partial charge is 0.255 e. The molecule has 0 bridgehead atoms. The maximum absolute atomic E-state index is 14.0. The van der Waals surface area contributed by atoms with Crippen LogP contribution in [0.3, 0.4) is 0 Å². The number of fused-ring (bicyclic) bond motifs is 3. The second-order valence-electron chi connectivity index (χ2n) is 11.2. The standard InChI is InChI=1S/C27H36N4O7/c1-11(2)29-10-13-9-16(30(3)4)14-7-12-8-15-20(31(5)6)23(34)19(26(28)37)25(36)27(15,38)24(35)17(12)22(33)18(14)21(13)32/h9,11-12,15,20,29,32,34-35,38H,7-8,10H2,1-6H3,(H2,28,37)/t12-,15-,20-,27-/m0/s1. The summed E-state index contributed by atoms with van der Waals surface area (Å²) in [5, 5.41) is 48.4. The molecular weight excluding hydrogens is 492 g/mol. The number of hydrogen-bond donors (Lipinski definition) is 6. The Morgan fingerprint density at radius 2 is 1.82 bits per heavy atom. The van der Waals surface area contributed by atoms with Crippen LogP contribution in [0.2, 0.25) is 0 Å². The number of Topliss-reactive ketones (excluding diaryl/α,β-unsaturated/α-hetero) is 2. The summed E-state index contributed by atoms with van der Waals surface area (Å²) in [5.41, 5.74) is 3.56. The molecule has 0 radical (unpaired) electrons. The minimum atomic E-state index is -2.65. The predicted octanol–water partition coefficient (Wildman–Crippen LogP) is 0.685. The Bertz CT molecular complexity index is 1300. The van der Waals surface area contributed by atoms with Gasteiger partial charge in [-0.05, 0) is 44.5 Å². The van der Waals surface area contributed by atoms with Crippen molar-refractivity contribution in [3.63, 3.8) is 0 Å². The van der Waals surface area contributed by atoms with E-state index in [4.69, 9.17) is 5.73 Å². The van der Waals surface area contributed by atoms with Gasteiger partial charge in [-0.3, -0.25) is 19.3 Å². The molecule has 0 saturated carbocycles. The highest BCUT2D eigenvalue weighted by atomic mass is 16.3. The normalized spacial score (nSPS) is 27.0. The first-order valence-electron chi connectivity index (χ1n) is 12.6. The van der Waals surface area contributed by atoms with Gasteiger partial charge in [-0.25, -0.2) is 0 Å². The van der Waals surface area contributed by atoms with Gasteiger partial charge in [-0.1, -0.05) is 13.8 Å². The molecule has 4 atom stereocenters. The van der Waals surface area contributed by atoms with Gasteiger partial charge >= 0.3 is 0 Å². The minimum absolute atomic E-state index is 0.0116. The number of amides is 1. The number of nitrogens with two attached hydrogens (primary N) is 1. The fourth-order valence-corrected chi connectivity index (χ4v) is 6.20. The van der Waals surface area contributed by atoms with E-state index >= 15 is 0 Å². The monoisotopic (exact) mass is 528 g/mol. The van der Waals surface area contributed by atoms with Crippen LogP contribution in [0.4, 0.5) is 5.69 Å². The lowest BCUT2D eigenvalue weighted by Gasteiger charge is -2.50. The van der Waals surface area contributed by atoms with Crippen LogP contribution in [0.1, 0.15) is 41.8 Å². The Balaban J connectivity index is 1.95. The fourth-order valence-electron chi connectivity index (χ4n) is 6.20. The molecule has 0 saturated heterocycles.